The van der Waals surface area contributed by atoms with Gasteiger partial charge in [-0.05, 0) is 137 Å². The minimum Gasteiger partial charge on any atom is -0.310 e. The Kier molecular flexibility index (Phi) is 13.0. The van der Waals surface area contributed by atoms with Gasteiger partial charge in [-0.3, -0.25) is 0 Å². The first kappa shape index (κ1) is 50.4. The van der Waals surface area contributed by atoms with Crippen LogP contribution in [0, 0.1) is 0 Å². The summed E-state index contributed by atoms with van der Waals surface area (Å²) in [5, 5.41) is 12.4. The molecule has 0 aliphatic heterocycles. The summed E-state index contributed by atoms with van der Waals surface area (Å²) in [6.45, 7) is 14.6. The molecule has 0 radical (unpaired) electrons. The van der Waals surface area contributed by atoms with E-state index in [1.807, 2.05) is 0 Å². The van der Waals surface area contributed by atoms with Gasteiger partial charge in [0.15, 0.2) is 0 Å². The van der Waals surface area contributed by atoms with Gasteiger partial charge < -0.3 is 9.80 Å². The van der Waals surface area contributed by atoms with E-state index in [0.717, 1.165) is 34.1 Å². The number of hydrogen-bond acceptors (Lipinski definition) is 2. The van der Waals surface area contributed by atoms with Crippen LogP contribution < -0.4 is 20.2 Å². The van der Waals surface area contributed by atoms with Crippen molar-refractivity contribution in [2.24, 2.45) is 0 Å². The summed E-state index contributed by atoms with van der Waals surface area (Å²) >= 11 is 0. The Bertz CT molecular complexity index is 4120. The first-order valence-electron chi connectivity index (χ1n) is 28.1. The summed E-state index contributed by atoms with van der Waals surface area (Å²) in [4.78, 5) is 4.98. The zero-order valence-electron chi connectivity index (χ0n) is 46.5. The molecule has 13 aromatic rings. The quantitative estimate of drug-likeness (QED) is 0.0889. The van der Waals surface area contributed by atoms with E-state index in [1.54, 1.807) is 0 Å². The van der Waals surface area contributed by atoms with Crippen LogP contribution in [0.5, 0.6) is 0 Å². The van der Waals surface area contributed by atoms with E-state index < -0.39 is 16.1 Å². The molecule has 0 aliphatic carbocycles. The molecule has 0 fully saturated rings. The Morgan fingerprint density at radius 1 is 0.237 bits per heavy atom. The van der Waals surface area contributed by atoms with Crippen molar-refractivity contribution < 1.29 is 0 Å². The fraction of sp³-hybridized carbons (Fsp3) is 0.0789. The number of benzene rings is 13. The van der Waals surface area contributed by atoms with Crippen molar-refractivity contribution in [2.45, 2.75) is 39.3 Å². The zero-order valence-corrected chi connectivity index (χ0v) is 48.5. The average Bonchev–Trinajstić information content (AvgIpc) is 2.98. The van der Waals surface area contributed by atoms with Crippen LogP contribution >= 0.6 is 0 Å². The van der Waals surface area contributed by atoms with E-state index in [4.69, 9.17) is 0 Å². The third-order valence-electron chi connectivity index (χ3n) is 16.2. The smallest absolute Gasteiger partial charge is 0.0775 e. The van der Waals surface area contributed by atoms with Crippen molar-refractivity contribution in [3.05, 3.63) is 279 Å². The predicted octanol–water partition coefficient (Wildman–Crippen LogP) is 21.0. The van der Waals surface area contributed by atoms with Crippen molar-refractivity contribution in [1.29, 1.82) is 0 Å². The summed E-state index contributed by atoms with van der Waals surface area (Å²) in [5.74, 6) is 0. The first-order valence-corrected chi connectivity index (χ1v) is 35.1. The van der Waals surface area contributed by atoms with Crippen LogP contribution in [0.3, 0.4) is 0 Å². The van der Waals surface area contributed by atoms with Crippen molar-refractivity contribution >= 4 is 104 Å². The fourth-order valence-corrected chi connectivity index (χ4v) is 14.4. The van der Waals surface area contributed by atoms with Gasteiger partial charge in [0, 0.05) is 33.5 Å². The van der Waals surface area contributed by atoms with Crippen molar-refractivity contribution in [3.8, 4) is 44.5 Å². The fourth-order valence-electron chi connectivity index (χ4n) is 12.1. The minimum absolute atomic E-state index is 1.09. The molecule has 0 amide bonds. The molecule has 0 unspecified atom stereocenters. The molecule has 2 nitrogen and oxygen atoms in total. The lowest BCUT2D eigenvalue weighted by Crippen LogP contribution is -2.37. The number of fused-ring (bicyclic) bond motifs is 4. The van der Waals surface area contributed by atoms with Crippen LogP contribution in [-0.2, 0) is 0 Å². The van der Waals surface area contributed by atoms with Gasteiger partial charge in [-0.1, -0.05) is 268 Å². The Balaban J connectivity index is 1.17. The van der Waals surface area contributed by atoms with Crippen LogP contribution in [0.15, 0.2) is 279 Å². The van der Waals surface area contributed by atoms with Gasteiger partial charge in [-0.2, -0.15) is 0 Å². The standard InChI is InChI=1S/C76H64N2Si2/c1-79(2,3)61-45-39-57(40-46-61)77(73-37-21-29-55-27-13-15-33-65(55)73)59-43-49-69-71(51-59)75(67-35-19-17-31-63(67)53-23-9-7-10-24-53)70-50-44-60(52-72(70)76(69)68-36-20-18-32-64(68)54-25-11-8-12-26-54)78(58-41-47-62(48-42-58)80(4,5)6)74-38-22-30-56-28-14-16-34-66(56)74/h7-52H,1-6H3. The number of rotatable bonds is 12. The highest BCUT2D eigenvalue weighted by Crippen LogP contribution is 2.52. The summed E-state index contributed by atoms with van der Waals surface area (Å²) in [6.07, 6.45) is 0. The van der Waals surface area contributed by atoms with Gasteiger partial charge in [-0.25, -0.2) is 0 Å². The molecule has 0 aromatic heterocycles. The van der Waals surface area contributed by atoms with Gasteiger partial charge in [0.05, 0.1) is 27.5 Å². The van der Waals surface area contributed by atoms with Crippen LogP contribution in [-0.4, -0.2) is 16.1 Å². The molecule has 0 aliphatic rings. The second kappa shape index (κ2) is 20.6. The molecular weight excluding hydrogens is 997 g/mol. The van der Waals surface area contributed by atoms with E-state index in [1.165, 1.54) is 98.0 Å². The molecule has 0 bridgehead atoms. The predicted molar refractivity (Wildman–Crippen MR) is 354 cm³/mol. The second-order valence-electron chi connectivity index (χ2n) is 23.3. The maximum atomic E-state index is 2.49. The van der Waals surface area contributed by atoms with Crippen molar-refractivity contribution in [2.75, 3.05) is 9.80 Å². The first-order chi connectivity index (χ1) is 39.0. The molecule has 0 saturated heterocycles. The third kappa shape index (κ3) is 9.30. The van der Waals surface area contributed by atoms with Gasteiger partial charge in [0.25, 0.3) is 0 Å². The van der Waals surface area contributed by atoms with Gasteiger partial charge in [0.2, 0.25) is 0 Å². The highest BCUT2D eigenvalue weighted by atomic mass is 28.3. The van der Waals surface area contributed by atoms with Crippen molar-refractivity contribution in [3.63, 3.8) is 0 Å². The lowest BCUT2D eigenvalue weighted by atomic mass is 9.82. The number of hydrogen-bond donors (Lipinski definition) is 0. The second-order valence-corrected chi connectivity index (χ2v) is 33.4. The van der Waals surface area contributed by atoms with Crippen LogP contribution in [0.1, 0.15) is 0 Å². The van der Waals surface area contributed by atoms with E-state index in [9.17, 15) is 0 Å². The molecule has 0 atom stereocenters. The summed E-state index contributed by atoms with van der Waals surface area (Å²) in [7, 11) is -3.19. The van der Waals surface area contributed by atoms with Crippen molar-refractivity contribution in [1.82, 2.24) is 0 Å². The Morgan fingerprint density at radius 3 is 0.950 bits per heavy atom. The number of anilines is 6. The summed E-state index contributed by atoms with van der Waals surface area (Å²) in [5.41, 5.74) is 16.2. The maximum Gasteiger partial charge on any atom is 0.0775 e. The summed E-state index contributed by atoms with van der Waals surface area (Å²) in [6, 6.07) is 104. The van der Waals surface area contributed by atoms with E-state index in [0.29, 0.717) is 0 Å². The Morgan fingerprint density at radius 2 is 0.562 bits per heavy atom. The molecule has 0 saturated carbocycles. The Labute approximate surface area is 473 Å². The lowest BCUT2D eigenvalue weighted by molar-refractivity contribution is 1.30. The largest absolute Gasteiger partial charge is 0.310 e. The zero-order chi connectivity index (χ0) is 54.5. The molecule has 0 N–H and O–H groups in total. The molecule has 13 rings (SSSR count). The van der Waals surface area contributed by atoms with E-state index in [-0.39, 0.29) is 0 Å². The monoisotopic (exact) mass is 1060 g/mol. The molecule has 0 heterocycles. The molecule has 386 valence electrons. The normalized spacial score (nSPS) is 11.9. The van der Waals surface area contributed by atoms with Crippen LogP contribution in [0.2, 0.25) is 39.3 Å². The minimum atomic E-state index is -1.59. The average molecular weight is 1060 g/mol. The van der Waals surface area contributed by atoms with Gasteiger partial charge in [-0.15, -0.1) is 0 Å². The molecular formula is C76H64N2Si2. The van der Waals surface area contributed by atoms with Gasteiger partial charge in [0.1, 0.15) is 0 Å². The number of nitrogens with zero attached hydrogens (tertiary/aromatic N) is 2. The highest BCUT2D eigenvalue weighted by molar-refractivity contribution is 6.89. The topological polar surface area (TPSA) is 6.48 Å². The SMILES string of the molecule is C[Si](C)(C)c1ccc(N(c2ccc3c(-c4ccccc4-c4ccccc4)c4cc(N(c5ccc([Si](C)(C)C)cc5)c5cccc6ccccc56)ccc4c(-c4ccccc4-c4ccccc4)c3c2)c2cccc3ccccc23)cc1. The Hall–Kier alpha value is -9.07. The molecule has 13 aromatic carbocycles. The molecule has 80 heavy (non-hydrogen) atoms. The summed E-state index contributed by atoms with van der Waals surface area (Å²) < 4.78 is 0. The lowest BCUT2D eigenvalue weighted by Gasteiger charge is -2.30. The van der Waals surface area contributed by atoms with Gasteiger partial charge >= 0.3 is 0 Å². The van der Waals surface area contributed by atoms with E-state index >= 15 is 0 Å². The van der Waals surface area contributed by atoms with Crippen LogP contribution in [0.25, 0.3) is 87.6 Å². The van der Waals surface area contributed by atoms with Crippen LogP contribution in [0.4, 0.5) is 34.1 Å². The third-order valence-corrected chi connectivity index (χ3v) is 20.3. The highest BCUT2D eigenvalue weighted by Gasteiger charge is 2.27. The van der Waals surface area contributed by atoms with E-state index in [2.05, 4.69) is 328 Å². The maximum absolute atomic E-state index is 2.49. The molecule has 4 heteroatoms. The molecule has 0 spiro atoms.